The van der Waals surface area contributed by atoms with E-state index in [1.807, 2.05) is 42.5 Å². The molecule has 7 heteroatoms. The Balaban J connectivity index is 2.07. The summed E-state index contributed by atoms with van der Waals surface area (Å²) < 4.78 is 2.07. The number of imidazole rings is 1. The Bertz CT molecular complexity index is 948. The first-order valence-electron chi connectivity index (χ1n) is 8.37. The minimum absolute atomic E-state index is 0.0607. The van der Waals surface area contributed by atoms with Crippen LogP contribution in [0.4, 0.5) is 11.4 Å². The van der Waals surface area contributed by atoms with Crippen molar-refractivity contribution in [2.45, 2.75) is 13.3 Å². The summed E-state index contributed by atoms with van der Waals surface area (Å²) in [5.41, 5.74) is 4.32. The van der Waals surface area contributed by atoms with Gasteiger partial charge in [-0.3, -0.25) is 14.2 Å². The molecule has 0 radical (unpaired) electrons. The lowest BCUT2D eigenvalue weighted by atomic mass is 10.2. The van der Waals surface area contributed by atoms with Crippen molar-refractivity contribution in [3.63, 3.8) is 0 Å². The Morgan fingerprint density at radius 3 is 2.73 bits per heavy atom. The molecule has 2 aromatic carbocycles. The molecule has 0 saturated heterocycles. The molecule has 3 N–H and O–H groups in total. The molecule has 0 spiro atoms. The Labute approximate surface area is 151 Å². The van der Waals surface area contributed by atoms with Crippen LogP contribution < -0.4 is 16.0 Å². The maximum atomic E-state index is 11.2. The zero-order valence-electron chi connectivity index (χ0n) is 14.7. The van der Waals surface area contributed by atoms with Crippen molar-refractivity contribution in [1.82, 2.24) is 14.9 Å². The van der Waals surface area contributed by atoms with E-state index in [1.54, 1.807) is 7.05 Å². The number of hydrogen-bond acceptors (Lipinski definition) is 4. The van der Waals surface area contributed by atoms with Crippen LogP contribution in [0, 0.1) is 0 Å². The topological polar surface area (TPSA) is 88.1 Å². The van der Waals surface area contributed by atoms with Gasteiger partial charge in [0.1, 0.15) is 5.82 Å². The molecule has 0 aliphatic carbocycles. The Hall–Kier alpha value is -3.35. The van der Waals surface area contributed by atoms with E-state index in [0.717, 1.165) is 28.2 Å². The van der Waals surface area contributed by atoms with Crippen LogP contribution in [-0.2, 0) is 16.0 Å². The molecule has 0 unspecified atom stereocenters. The molecule has 26 heavy (non-hydrogen) atoms. The van der Waals surface area contributed by atoms with Crippen molar-refractivity contribution in [2.24, 2.45) is 0 Å². The number of rotatable bonds is 7. The number of benzene rings is 2. The van der Waals surface area contributed by atoms with Gasteiger partial charge in [-0.15, -0.1) is 0 Å². The largest absolute Gasteiger partial charge is 0.386 e. The van der Waals surface area contributed by atoms with E-state index in [1.165, 1.54) is 6.92 Å². The Morgan fingerprint density at radius 2 is 2.00 bits per heavy atom. The minimum Gasteiger partial charge on any atom is -0.386 e. The number of para-hydroxylation sites is 2. The quantitative estimate of drug-likeness (QED) is 0.570. The van der Waals surface area contributed by atoms with Crippen LogP contribution in [0.5, 0.6) is 0 Å². The van der Waals surface area contributed by atoms with Gasteiger partial charge in [-0.05, 0) is 30.3 Å². The lowest BCUT2D eigenvalue weighted by molar-refractivity contribution is -0.118. The lowest BCUT2D eigenvalue weighted by Gasteiger charge is -2.14. The molecule has 0 aliphatic rings. The highest BCUT2D eigenvalue weighted by molar-refractivity contribution is 5.83. The molecule has 3 aromatic rings. The molecule has 0 bridgehead atoms. The van der Waals surface area contributed by atoms with Gasteiger partial charge in [0.15, 0.2) is 0 Å². The third-order valence-electron chi connectivity index (χ3n) is 4.10. The number of carbonyl (C=O) groups is 2. The first-order chi connectivity index (χ1) is 12.6. The standard InChI is InChI=1S/C19H21N5O2/c1-13(26)21-10-9-19-23-16-5-3-4-6-18(16)24(19)14-7-8-15(22-12-25)17(11-14)20-2/h3-8,11-12,20H,9-10H2,1-2H3,(H,21,26)(H,22,25). The van der Waals surface area contributed by atoms with Gasteiger partial charge in [0.05, 0.1) is 22.4 Å². The average Bonchev–Trinajstić information content (AvgIpc) is 3.00. The first kappa shape index (κ1) is 17.5. The molecule has 0 saturated carbocycles. The van der Waals surface area contributed by atoms with Gasteiger partial charge in [0.2, 0.25) is 12.3 Å². The normalized spacial score (nSPS) is 10.5. The molecule has 1 heterocycles. The van der Waals surface area contributed by atoms with Gasteiger partial charge in [-0.1, -0.05) is 12.1 Å². The van der Waals surface area contributed by atoms with E-state index in [9.17, 15) is 9.59 Å². The number of amides is 2. The van der Waals surface area contributed by atoms with E-state index in [0.29, 0.717) is 25.1 Å². The third-order valence-corrected chi connectivity index (χ3v) is 4.10. The number of hydrogen-bond donors (Lipinski definition) is 3. The molecule has 0 fully saturated rings. The van der Waals surface area contributed by atoms with E-state index < -0.39 is 0 Å². The van der Waals surface area contributed by atoms with Crippen molar-refractivity contribution < 1.29 is 9.59 Å². The monoisotopic (exact) mass is 351 g/mol. The maximum Gasteiger partial charge on any atom is 0.216 e. The van der Waals surface area contributed by atoms with Gasteiger partial charge in [0.25, 0.3) is 0 Å². The molecule has 7 nitrogen and oxygen atoms in total. The summed E-state index contributed by atoms with van der Waals surface area (Å²) in [6.07, 6.45) is 1.26. The van der Waals surface area contributed by atoms with Gasteiger partial charge < -0.3 is 16.0 Å². The van der Waals surface area contributed by atoms with Crippen molar-refractivity contribution in [3.05, 3.63) is 48.3 Å². The van der Waals surface area contributed by atoms with Crippen molar-refractivity contribution >= 4 is 34.7 Å². The molecule has 2 amide bonds. The smallest absolute Gasteiger partial charge is 0.216 e. The van der Waals surface area contributed by atoms with E-state index in [-0.39, 0.29) is 5.91 Å². The highest BCUT2D eigenvalue weighted by atomic mass is 16.1. The predicted molar refractivity (Wildman–Crippen MR) is 103 cm³/mol. The summed E-state index contributed by atoms with van der Waals surface area (Å²) in [7, 11) is 1.80. The van der Waals surface area contributed by atoms with Crippen LogP contribution in [0.2, 0.25) is 0 Å². The van der Waals surface area contributed by atoms with Crippen molar-refractivity contribution in [3.8, 4) is 5.69 Å². The zero-order chi connectivity index (χ0) is 18.5. The fraction of sp³-hybridized carbons (Fsp3) is 0.211. The second-order valence-corrected chi connectivity index (χ2v) is 5.83. The van der Waals surface area contributed by atoms with E-state index >= 15 is 0 Å². The number of carbonyl (C=O) groups excluding carboxylic acids is 2. The van der Waals surface area contributed by atoms with Crippen molar-refractivity contribution in [1.29, 1.82) is 0 Å². The average molecular weight is 351 g/mol. The van der Waals surface area contributed by atoms with E-state index in [4.69, 9.17) is 4.98 Å². The van der Waals surface area contributed by atoms with Gasteiger partial charge in [0, 0.05) is 32.6 Å². The summed E-state index contributed by atoms with van der Waals surface area (Å²) in [4.78, 5) is 26.7. The lowest BCUT2D eigenvalue weighted by Crippen LogP contribution is -2.23. The SMILES string of the molecule is CNc1cc(-n2c(CCNC(C)=O)nc3ccccc32)ccc1NC=O. The Morgan fingerprint density at radius 1 is 1.19 bits per heavy atom. The fourth-order valence-electron chi connectivity index (χ4n) is 2.95. The minimum atomic E-state index is -0.0607. The number of nitrogens with one attached hydrogen (secondary N) is 3. The van der Waals surface area contributed by atoms with E-state index in [2.05, 4.69) is 20.5 Å². The summed E-state index contributed by atoms with van der Waals surface area (Å²) >= 11 is 0. The fourth-order valence-corrected chi connectivity index (χ4v) is 2.95. The van der Waals surface area contributed by atoms with Crippen molar-refractivity contribution in [2.75, 3.05) is 24.2 Å². The zero-order valence-corrected chi connectivity index (χ0v) is 14.7. The van der Waals surface area contributed by atoms with Gasteiger partial charge in [-0.2, -0.15) is 0 Å². The van der Waals surface area contributed by atoms with Gasteiger partial charge >= 0.3 is 0 Å². The molecule has 0 atom stereocenters. The van der Waals surface area contributed by atoms with Gasteiger partial charge in [-0.25, -0.2) is 4.98 Å². The number of fused-ring (bicyclic) bond motifs is 1. The molecular weight excluding hydrogens is 330 g/mol. The first-order valence-corrected chi connectivity index (χ1v) is 8.37. The summed E-state index contributed by atoms with van der Waals surface area (Å²) in [6.45, 7) is 2.02. The maximum absolute atomic E-state index is 11.2. The Kier molecular flexibility index (Phi) is 5.17. The summed E-state index contributed by atoms with van der Waals surface area (Å²) in [5, 5.41) is 8.59. The number of anilines is 2. The molecule has 3 rings (SSSR count). The highest BCUT2D eigenvalue weighted by Crippen LogP contribution is 2.28. The molecule has 1 aromatic heterocycles. The second kappa shape index (κ2) is 7.69. The third kappa shape index (κ3) is 3.51. The highest BCUT2D eigenvalue weighted by Gasteiger charge is 2.13. The summed E-state index contributed by atoms with van der Waals surface area (Å²) in [5.74, 6) is 0.799. The number of nitrogens with zero attached hydrogens (tertiary/aromatic N) is 2. The molecular formula is C19H21N5O2. The second-order valence-electron chi connectivity index (χ2n) is 5.83. The number of aromatic nitrogens is 2. The predicted octanol–water partition coefficient (Wildman–Crippen LogP) is 2.31. The molecule has 0 aliphatic heterocycles. The van der Waals surface area contributed by atoms with Crippen LogP contribution in [-0.4, -0.2) is 35.5 Å². The molecule has 134 valence electrons. The van der Waals surface area contributed by atoms with Crippen LogP contribution in [0.25, 0.3) is 16.7 Å². The van der Waals surface area contributed by atoms with Crippen LogP contribution in [0.1, 0.15) is 12.7 Å². The van der Waals surface area contributed by atoms with Crippen LogP contribution in [0.15, 0.2) is 42.5 Å². The van der Waals surface area contributed by atoms with Crippen LogP contribution in [0.3, 0.4) is 0 Å². The van der Waals surface area contributed by atoms with Crippen LogP contribution >= 0.6 is 0 Å². The summed E-state index contributed by atoms with van der Waals surface area (Å²) in [6, 6.07) is 13.6.